The lowest BCUT2D eigenvalue weighted by Gasteiger charge is -2.23. The largest absolute Gasteiger partial charge is 0.489 e. The van der Waals surface area contributed by atoms with Crippen LogP contribution in [0.3, 0.4) is 0 Å². The topological polar surface area (TPSA) is 45.7 Å². The van der Waals surface area contributed by atoms with Crippen LogP contribution in [0.1, 0.15) is 51.0 Å². The summed E-state index contributed by atoms with van der Waals surface area (Å²) in [6.07, 6.45) is 5.32. The number of aromatic nitrogens is 1. The number of anilines is 2. The van der Waals surface area contributed by atoms with E-state index in [1.165, 1.54) is 0 Å². The van der Waals surface area contributed by atoms with E-state index < -0.39 is 0 Å². The Morgan fingerprint density at radius 3 is 2.60 bits per heavy atom. The highest BCUT2D eigenvalue weighted by Gasteiger charge is 2.29. The smallest absolute Gasteiger partial charge is 0.188 e. The van der Waals surface area contributed by atoms with Gasteiger partial charge >= 0.3 is 0 Å². The Balaban J connectivity index is 1.38. The average molecular weight is 412 g/mol. The van der Waals surface area contributed by atoms with Gasteiger partial charge in [0.15, 0.2) is 11.6 Å². The zero-order valence-electron chi connectivity index (χ0n) is 17.8. The number of hydrogen-bond acceptors (Lipinski definition) is 5. The minimum Gasteiger partial charge on any atom is -0.489 e. The van der Waals surface area contributed by atoms with Crippen LogP contribution in [0.5, 0.6) is 5.75 Å². The first kappa shape index (κ1) is 20.6. The van der Waals surface area contributed by atoms with Gasteiger partial charge in [0, 0.05) is 38.7 Å². The van der Waals surface area contributed by atoms with Crippen LogP contribution in [-0.4, -0.2) is 43.1 Å². The summed E-state index contributed by atoms with van der Waals surface area (Å²) >= 11 is 0. The number of rotatable bonds is 7. The molecule has 4 rings (SSSR count). The predicted octanol–water partition coefficient (Wildman–Crippen LogP) is 4.56. The highest BCUT2D eigenvalue weighted by molar-refractivity contribution is 5.76. The number of Topliss-reactive ketones (excluding diaryl/α,β-unsaturated/α-hetero) is 1. The van der Waals surface area contributed by atoms with Gasteiger partial charge in [-0.15, -0.1) is 0 Å². The van der Waals surface area contributed by atoms with Crippen LogP contribution in [0.4, 0.5) is 15.9 Å². The number of carbonyl (C=O) groups excluding carboxylic acids is 1. The standard InChI is InChI=1S/C24H30FN3O2/c1-17(15-18(2)29)19-5-7-20(8-6-19)30-21-10-14-28(16-21)24-23(25)22(9-11-26-24)27-12-3-4-13-27/h5-9,11,17,21H,3-4,10,12-16H2,1-2H3/t17-,21-/m1/s1. The zero-order chi connectivity index (χ0) is 21.1. The summed E-state index contributed by atoms with van der Waals surface area (Å²) in [7, 11) is 0. The van der Waals surface area contributed by atoms with Crippen LogP contribution in [0.15, 0.2) is 36.5 Å². The molecule has 1 aromatic carbocycles. The molecule has 6 heteroatoms. The van der Waals surface area contributed by atoms with Crippen molar-refractivity contribution in [1.82, 2.24) is 4.98 Å². The fraction of sp³-hybridized carbons (Fsp3) is 0.500. The molecule has 0 N–H and O–H groups in total. The molecule has 0 radical (unpaired) electrons. The van der Waals surface area contributed by atoms with Gasteiger partial charge < -0.3 is 19.3 Å². The lowest BCUT2D eigenvalue weighted by Crippen LogP contribution is -2.27. The van der Waals surface area contributed by atoms with Gasteiger partial charge in [-0.1, -0.05) is 19.1 Å². The normalized spacial score (nSPS) is 19.9. The second kappa shape index (κ2) is 9.02. The summed E-state index contributed by atoms with van der Waals surface area (Å²) in [6.45, 7) is 6.85. The third kappa shape index (κ3) is 4.58. The Morgan fingerprint density at radius 1 is 1.17 bits per heavy atom. The van der Waals surface area contributed by atoms with Crippen molar-refractivity contribution in [3.63, 3.8) is 0 Å². The van der Waals surface area contributed by atoms with E-state index in [9.17, 15) is 4.79 Å². The molecule has 2 aliphatic rings. The second-order valence-electron chi connectivity index (χ2n) is 8.51. The molecule has 0 bridgehead atoms. The maximum Gasteiger partial charge on any atom is 0.188 e. The Morgan fingerprint density at radius 2 is 1.90 bits per heavy atom. The molecule has 1 aromatic heterocycles. The molecule has 3 heterocycles. The van der Waals surface area contributed by atoms with Gasteiger partial charge in [-0.05, 0) is 49.4 Å². The fourth-order valence-corrected chi connectivity index (χ4v) is 4.48. The fourth-order valence-electron chi connectivity index (χ4n) is 4.48. The lowest BCUT2D eigenvalue weighted by atomic mass is 9.96. The number of ketones is 1. The van der Waals surface area contributed by atoms with E-state index in [0.717, 1.165) is 50.2 Å². The van der Waals surface area contributed by atoms with E-state index in [4.69, 9.17) is 4.74 Å². The van der Waals surface area contributed by atoms with E-state index in [2.05, 4.69) is 16.8 Å². The lowest BCUT2D eigenvalue weighted by molar-refractivity contribution is -0.117. The number of hydrogen-bond donors (Lipinski definition) is 0. The maximum absolute atomic E-state index is 15.1. The van der Waals surface area contributed by atoms with Crippen LogP contribution >= 0.6 is 0 Å². The van der Waals surface area contributed by atoms with E-state index in [1.54, 1.807) is 19.2 Å². The number of halogens is 1. The first-order valence-corrected chi connectivity index (χ1v) is 10.9. The van der Waals surface area contributed by atoms with Gasteiger partial charge in [-0.25, -0.2) is 9.37 Å². The Labute approximate surface area is 177 Å². The third-order valence-corrected chi connectivity index (χ3v) is 6.09. The molecular weight excluding hydrogens is 381 g/mol. The molecule has 0 unspecified atom stereocenters. The van der Waals surface area contributed by atoms with Crippen molar-refractivity contribution in [2.75, 3.05) is 36.0 Å². The number of pyridine rings is 1. The van der Waals surface area contributed by atoms with Gasteiger partial charge in [-0.2, -0.15) is 0 Å². The quantitative estimate of drug-likeness (QED) is 0.668. The SMILES string of the molecule is CC(=O)C[C@@H](C)c1ccc(O[C@@H]2CCN(c3nccc(N4CCCC4)c3F)C2)cc1. The van der Waals surface area contributed by atoms with Crippen LogP contribution in [0.25, 0.3) is 0 Å². The second-order valence-corrected chi connectivity index (χ2v) is 8.51. The molecular formula is C24H30FN3O2. The first-order valence-electron chi connectivity index (χ1n) is 10.9. The Bertz CT molecular complexity index is 881. The van der Waals surface area contributed by atoms with Crippen LogP contribution < -0.4 is 14.5 Å². The summed E-state index contributed by atoms with van der Waals surface area (Å²) in [4.78, 5) is 19.8. The minimum absolute atomic E-state index is 0.00198. The van der Waals surface area contributed by atoms with Gasteiger partial charge in [0.05, 0.1) is 12.2 Å². The molecule has 0 aliphatic carbocycles. The van der Waals surface area contributed by atoms with Crippen LogP contribution in [0.2, 0.25) is 0 Å². The molecule has 0 saturated carbocycles. The van der Waals surface area contributed by atoms with Crippen LogP contribution in [0, 0.1) is 5.82 Å². The van der Waals surface area contributed by atoms with Crippen molar-refractivity contribution in [3.05, 3.63) is 47.9 Å². The minimum atomic E-state index is -0.219. The molecule has 2 aromatic rings. The average Bonchev–Trinajstić information content (AvgIpc) is 3.40. The molecule has 0 amide bonds. The predicted molar refractivity (Wildman–Crippen MR) is 117 cm³/mol. The van der Waals surface area contributed by atoms with Crippen molar-refractivity contribution in [3.8, 4) is 5.75 Å². The van der Waals surface area contributed by atoms with Crippen molar-refractivity contribution in [1.29, 1.82) is 0 Å². The number of ether oxygens (including phenoxy) is 1. The number of nitrogens with zero attached hydrogens (tertiary/aromatic N) is 3. The summed E-state index contributed by atoms with van der Waals surface area (Å²) in [6, 6.07) is 9.75. The number of carbonyl (C=O) groups is 1. The van der Waals surface area contributed by atoms with Crippen molar-refractivity contribution in [2.24, 2.45) is 0 Å². The highest BCUT2D eigenvalue weighted by atomic mass is 19.1. The molecule has 2 saturated heterocycles. The zero-order valence-corrected chi connectivity index (χ0v) is 17.8. The summed E-state index contributed by atoms with van der Waals surface area (Å²) < 4.78 is 21.3. The Kier molecular flexibility index (Phi) is 6.21. The van der Waals surface area contributed by atoms with E-state index in [1.807, 2.05) is 29.2 Å². The van der Waals surface area contributed by atoms with Crippen molar-refractivity contribution < 1.29 is 13.9 Å². The molecule has 2 fully saturated rings. The monoisotopic (exact) mass is 411 g/mol. The van der Waals surface area contributed by atoms with E-state index >= 15 is 4.39 Å². The summed E-state index contributed by atoms with van der Waals surface area (Å²) in [5.41, 5.74) is 1.80. The maximum atomic E-state index is 15.1. The van der Waals surface area contributed by atoms with Gasteiger partial charge in [-0.3, -0.25) is 0 Å². The molecule has 0 spiro atoms. The first-order chi connectivity index (χ1) is 14.5. The molecule has 160 valence electrons. The highest BCUT2D eigenvalue weighted by Crippen LogP contribution is 2.31. The van der Waals surface area contributed by atoms with Crippen molar-refractivity contribution >= 4 is 17.3 Å². The van der Waals surface area contributed by atoms with Crippen molar-refractivity contribution in [2.45, 2.75) is 51.6 Å². The van der Waals surface area contributed by atoms with Gasteiger partial charge in [0.25, 0.3) is 0 Å². The summed E-state index contributed by atoms with van der Waals surface area (Å²) in [5, 5.41) is 0. The van der Waals surface area contributed by atoms with E-state index in [0.29, 0.717) is 24.5 Å². The molecule has 30 heavy (non-hydrogen) atoms. The molecule has 2 aliphatic heterocycles. The van der Waals surface area contributed by atoms with Crippen LogP contribution in [-0.2, 0) is 4.79 Å². The molecule has 5 nitrogen and oxygen atoms in total. The molecule has 2 atom stereocenters. The van der Waals surface area contributed by atoms with Gasteiger partial charge in [0.1, 0.15) is 17.6 Å². The van der Waals surface area contributed by atoms with E-state index in [-0.39, 0.29) is 23.6 Å². The van der Waals surface area contributed by atoms with Gasteiger partial charge in [0.2, 0.25) is 0 Å². The number of benzene rings is 1. The Hall–Kier alpha value is -2.63. The third-order valence-electron chi connectivity index (χ3n) is 6.09. The summed E-state index contributed by atoms with van der Waals surface area (Å²) in [5.74, 6) is 1.42.